The van der Waals surface area contributed by atoms with Gasteiger partial charge in [-0.05, 0) is 93.8 Å². The van der Waals surface area contributed by atoms with Crippen LogP contribution in [0.4, 0.5) is 34.1 Å². The van der Waals surface area contributed by atoms with Gasteiger partial charge in [-0.15, -0.1) is 0 Å². The minimum atomic E-state index is -4.80. The van der Waals surface area contributed by atoms with Crippen molar-refractivity contribution in [2.24, 2.45) is 0 Å². The number of urea groups is 1. The van der Waals surface area contributed by atoms with Gasteiger partial charge in [0, 0.05) is 89.6 Å². The zero-order valence-electron chi connectivity index (χ0n) is 35.6. The summed E-state index contributed by atoms with van der Waals surface area (Å²) < 4.78 is 53.0. The van der Waals surface area contributed by atoms with Crippen molar-refractivity contribution in [2.75, 3.05) is 96.2 Å². The van der Waals surface area contributed by atoms with Crippen LogP contribution >= 0.6 is 11.6 Å². The summed E-state index contributed by atoms with van der Waals surface area (Å²) in [5, 5.41) is 2.67. The second-order valence-electron chi connectivity index (χ2n) is 17.1. The molecule has 5 aliphatic heterocycles. The minimum absolute atomic E-state index is 0.0455. The van der Waals surface area contributed by atoms with Crippen molar-refractivity contribution in [1.82, 2.24) is 29.4 Å². The molecular weight excluding hydrogens is 845 g/mol. The SMILES string of the molecule is Nc1c(Cl)cc(C[C@@H](OC(=O)N2CCC(N3CCc4ccccc4NC3=O)CC2)C(=O)N2CCN(C3CCN(CCC(=O)OCC(=O)N4CCCCC4)CC3)CC2)cc1C(F)(F)F. The molecular formula is C44H58ClF3N8O7. The van der Waals surface area contributed by atoms with Crippen molar-refractivity contribution in [3.05, 3.63) is 58.1 Å². The van der Waals surface area contributed by atoms with Crippen LogP contribution in [0.25, 0.3) is 0 Å². The van der Waals surface area contributed by atoms with Crippen LogP contribution in [0, 0.1) is 0 Å². The van der Waals surface area contributed by atoms with Crippen LogP contribution in [0.2, 0.25) is 5.02 Å². The average Bonchev–Trinajstić information content (AvgIpc) is 3.46. The number of rotatable bonds is 11. The predicted octanol–water partition coefficient (Wildman–Crippen LogP) is 5.10. The van der Waals surface area contributed by atoms with E-state index in [0.29, 0.717) is 71.6 Å². The molecule has 1 atom stereocenters. The topological polar surface area (TPSA) is 161 Å². The van der Waals surface area contributed by atoms with Crippen LogP contribution in [0.5, 0.6) is 0 Å². The molecule has 5 aliphatic rings. The van der Waals surface area contributed by atoms with Crippen LogP contribution in [-0.2, 0) is 42.9 Å². The fourth-order valence-electron chi connectivity index (χ4n) is 9.43. The summed E-state index contributed by atoms with van der Waals surface area (Å²) in [5.41, 5.74) is 5.80. The molecule has 0 spiro atoms. The Labute approximate surface area is 370 Å². The number of fused-ring (bicyclic) bond motifs is 1. The molecule has 0 unspecified atom stereocenters. The monoisotopic (exact) mass is 902 g/mol. The summed E-state index contributed by atoms with van der Waals surface area (Å²) in [5.74, 6) is -1.05. The van der Waals surface area contributed by atoms with E-state index in [9.17, 15) is 37.1 Å². The molecule has 4 fully saturated rings. The number of nitrogens with one attached hydrogen (secondary N) is 1. The first kappa shape index (κ1) is 46.2. The molecule has 0 radical (unpaired) electrons. The first-order chi connectivity index (χ1) is 30.2. The summed E-state index contributed by atoms with van der Waals surface area (Å²) in [4.78, 5) is 77.0. The smallest absolute Gasteiger partial charge is 0.418 e. The van der Waals surface area contributed by atoms with E-state index in [1.54, 1.807) is 14.7 Å². The zero-order valence-corrected chi connectivity index (χ0v) is 36.3. The summed E-state index contributed by atoms with van der Waals surface area (Å²) in [6, 6.07) is 9.69. The highest BCUT2D eigenvalue weighted by atomic mass is 35.5. The van der Waals surface area contributed by atoms with Crippen LogP contribution in [0.1, 0.15) is 68.1 Å². The normalized spacial score (nSPS) is 20.4. The maximum absolute atomic E-state index is 14.2. The van der Waals surface area contributed by atoms with Gasteiger partial charge in [0.05, 0.1) is 22.7 Å². The Morgan fingerprint density at radius 2 is 1.51 bits per heavy atom. The van der Waals surface area contributed by atoms with Crippen molar-refractivity contribution in [1.29, 1.82) is 0 Å². The van der Waals surface area contributed by atoms with Gasteiger partial charge >= 0.3 is 24.3 Å². The summed E-state index contributed by atoms with van der Waals surface area (Å²) in [6.45, 7) is 6.12. The number of carbonyl (C=O) groups is 5. The van der Waals surface area contributed by atoms with E-state index in [0.717, 1.165) is 62.5 Å². The van der Waals surface area contributed by atoms with Crippen LogP contribution in [0.15, 0.2) is 36.4 Å². The van der Waals surface area contributed by atoms with E-state index >= 15 is 0 Å². The highest BCUT2D eigenvalue weighted by molar-refractivity contribution is 6.33. The maximum atomic E-state index is 14.2. The zero-order chi connectivity index (χ0) is 44.7. The van der Waals surface area contributed by atoms with Gasteiger partial charge in [0.1, 0.15) is 0 Å². The van der Waals surface area contributed by atoms with E-state index in [1.807, 2.05) is 24.3 Å². The number of halogens is 4. The number of likely N-dealkylation sites (tertiary alicyclic amines) is 3. The first-order valence-electron chi connectivity index (χ1n) is 22.2. The van der Waals surface area contributed by atoms with Crippen LogP contribution < -0.4 is 11.1 Å². The number of esters is 1. The van der Waals surface area contributed by atoms with Crippen LogP contribution in [0.3, 0.4) is 0 Å². The van der Waals surface area contributed by atoms with Crippen LogP contribution in [-0.4, -0.2) is 163 Å². The number of alkyl halides is 3. The average molecular weight is 903 g/mol. The van der Waals surface area contributed by atoms with E-state index in [4.69, 9.17) is 26.8 Å². The molecule has 7 rings (SSSR count). The molecule has 19 heteroatoms. The fourth-order valence-corrected chi connectivity index (χ4v) is 9.67. The highest BCUT2D eigenvalue weighted by Gasteiger charge is 2.38. The van der Waals surface area contributed by atoms with Gasteiger partial charge in [0.15, 0.2) is 12.7 Å². The number of nitrogen functional groups attached to an aromatic ring is 1. The number of para-hydroxylation sites is 1. The highest BCUT2D eigenvalue weighted by Crippen LogP contribution is 2.38. The lowest BCUT2D eigenvalue weighted by atomic mass is 10.0. The molecule has 4 saturated heterocycles. The third kappa shape index (κ3) is 11.9. The van der Waals surface area contributed by atoms with E-state index < -0.39 is 35.5 Å². The molecule has 0 aliphatic carbocycles. The van der Waals surface area contributed by atoms with Gasteiger partial charge in [-0.1, -0.05) is 29.8 Å². The largest absolute Gasteiger partial charge is 0.456 e. The van der Waals surface area contributed by atoms with E-state index in [2.05, 4.69) is 15.1 Å². The fraction of sp³-hybridized carbons (Fsp3) is 0.614. The molecule has 5 amide bonds. The number of carbonyl (C=O) groups excluding carboxylic acids is 5. The minimum Gasteiger partial charge on any atom is -0.456 e. The molecule has 0 saturated carbocycles. The molecule has 2 aromatic carbocycles. The Balaban J connectivity index is 0.911. The van der Waals surface area contributed by atoms with Crippen molar-refractivity contribution in [3.63, 3.8) is 0 Å². The lowest BCUT2D eigenvalue weighted by molar-refractivity contribution is -0.152. The van der Waals surface area contributed by atoms with Crippen molar-refractivity contribution < 1.29 is 46.6 Å². The predicted molar refractivity (Wildman–Crippen MR) is 229 cm³/mol. The lowest BCUT2D eigenvalue weighted by Crippen LogP contribution is -2.56. The Bertz CT molecular complexity index is 1960. The number of anilines is 2. The second kappa shape index (κ2) is 20.8. The number of ether oxygens (including phenoxy) is 2. The third-order valence-electron chi connectivity index (χ3n) is 13.1. The molecule has 2 aromatic rings. The molecule has 5 heterocycles. The Morgan fingerprint density at radius 3 is 2.21 bits per heavy atom. The number of piperidine rings is 3. The standard InChI is InChI=1S/C44H58ClF3N8O7/c45-35-27-30(26-34(40(35)49)44(46,47)48)28-37(63-43(61)55-19-11-33(12-20-55)56-21-8-31-6-2-3-7-36(31)50-42(56)60)41(59)54-24-22-52(23-25-54)32-9-16-51(17-10-32)18-13-39(58)62-29-38(57)53-14-4-1-5-15-53/h2-3,6-7,26-27,32-33,37H,1,4-5,8-25,28-29,49H2,(H,50,60)/t37-/m1/s1. The lowest BCUT2D eigenvalue weighted by Gasteiger charge is -2.43. The van der Waals surface area contributed by atoms with E-state index in [1.165, 1.54) is 11.0 Å². The molecule has 15 nitrogen and oxygen atoms in total. The molecule has 63 heavy (non-hydrogen) atoms. The summed E-state index contributed by atoms with van der Waals surface area (Å²) in [7, 11) is 0. The Morgan fingerprint density at radius 1 is 0.825 bits per heavy atom. The molecule has 0 bridgehead atoms. The Kier molecular flexibility index (Phi) is 15.2. The van der Waals surface area contributed by atoms with Gasteiger partial charge in [0.25, 0.3) is 11.8 Å². The summed E-state index contributed by atoms with van der Waals surface area (Å²) >= 11 is 6.16. The van der Waals surface area contributed by atoms with E-state index in [-0.39, 0.29) is 73.1 Å². The maximum Gasteiger partial charge on any atom is 0.418 e. The number of hydrogen-bond acceptors (Lipinski definition) is 10. The molecule has 3 N–H and O–H groups in total. The molecule has 0 aromatic heterocycles. The summed E-state index contributed by atoms with van der Waals surface area (Å²) in [6.07, 6.45) is -0.711. The van der Waals surface area contributed by atoms with Gasteiger partial charge < -0.3 is 45.0 Å². The van der Waals surface area contributed by atoms with Gasteiger partial charge in [-0.25, -0.2) is 9.59 Å². The van der Waals surface area contributed by atoms with Crippen molar-refractivity contribution in [3.8, 4) is 0 Å². The van der Waals surface area contributed by atoms with Crippen molar-refractivity contribution in [2.45, 2.75) is 88.6 Å². The molecule has 344 valence electrons. The quantitative estimate of drug-likeness (QED) is 0.230. The van der Waals surface area contributed by atoms with Crippen molar-refractivity contribution >= 4 is 52.9 Å². The van der Waals surface area contributed by atoms with Gasteiger partial charge in [-0.2, -0.15) is 13.2 Å². The van der Waals surface area contributed by atoms with Gasteiger partial charge in [-0.3, -0.25) is 19.3 Å². The number of benzene rings is 2. The number of amides is 5. The third-order valence-corrected chi connectivity index (χ3v) is 13.4. The number of hydrogen-bond donors (Lipinski definition) is 2. The number of nitrogens with zero attached hydrogens (tertiary/aromatic N) is 6. The number of nitrogens with two attached hydrogens (primary N) is 1. The first-order valence-corrected chi connectivity index (χ1v) is 22.6. The van der Waals surface area contributed by atoms with Gasteiger partial charge in [0.2, 0.25) is 0 Å². The Hall–Kier alpha value is -4.81. The number of piperazine rings is 1. The second-order valence-corrected chi connectivity index (χ2v) is 17.6.